The maximum Gasteiger partial charge on any atom is 0.309 e. The van der Waals surface area contributed by atoms with Gasteiger partial charge >= 0.3 is 5.97 Å². The highest BCUT2D eigenvalue weighted by Crippen LogP contribution is 2.42. The summed E-state index contributed by atoms with van der Waals surface area (Å²) in [4.78, 5) is 25.5. The number of benzene rings is 2. The van der Waals surface area contributed by atoms with Crippen LogP contribution in [0.3, 0.4) is 0 Å². The SMILES string of the molecule is CC(C)(C)NCC(COc1cccc2c1-c1ccccc1C2=O)OC(=O)C1CCOCC1. The van der Waals surface area contributed by atoms with Gasteiger partial charge in [-0.15, -0.1) is 0 Å². The molecule has 1 atom stereocenters. The molecule has 0 bridgehead atoms. The minimum Gasteiger partial charge on any atom is -0.489 e. The van der Waals surface area contributed by atoms with Crippen molar-refractivity contribution in [3.05, 3.63) is 53.6 Å². The Kier molecular flexibility index (Phi) is 6.63. The van der Waals surface area contributed by atoms with Gasteiger partial charge in [-0.1, -0.05) is 36.4 Å². The summed E-state index contributed by atoms with van der Waals surface area (Å²) >= 11 is 0. The number of ketones is 1. The summed E-state index contributed by atoms with van der Waals surface area (Å²) in [6.07, 6.45) is 0.918. The minimum atomic E-state index is -0.451. The fourth-order valence-electron chi connectivity index (χ4n) is 4.09. The number of carbonyl (C=O) groups is 2. The second-order valence-corrected chi connectivity index (χ2v) is 9.44. The lowest BCUT2D eigenvalue weighted by molar-refractivity contribution is -0.158. The van der Waals surface area contributed by atoms with Gasteiger partial charge in [0.25, 0.3) is 0 Å². The molecular formula is C26H31NO5. The lowest BCUT2D eigenvalue weighted by atomic mass is 10.0. The Morgan fingerprint density at radius 2 is 1.75 bits per heavy atom. The lowest BCUT2D eigenvalue weighted by Crippen LogP contribution is -2.45. The number of hydrogen-bond donors (Lipinski definition) is 1. The summed E-state index contributed by atoms with van der Waals surface area (Å²) in [6.45, 7) is 8.05. The fourth-order valence-corrected chi connectivity index (χ4v) is 4.09. The highest BCUT2D eigenvalue weighted by molar-refractivity contribution is 6.22. The molecular weight excluding hydrogens is 406 g/mol. The van der Waals surface area contributed by atoms with E-state index >= 15 is 0 Å². The average Bonchev–Trinajstić information content (AvgIpc) is 3.08. The van der Waals surface area contributed by atoms with Gasteiger partial charge in [0.1, 0.15) is 18.5 Å². The molecule has 1 saturated heterocycles. The van der Waals surface area contributed by atoms with Gasteiger partial charge in [-0.25, -0.2) is 0 Å². The molecule has 1 heterocycles. The Morgan fingerprint density at radius 1 is 1.06 bits per heavy atom. The van der Waals surface area contributed by atoms with Gasteiger partial charge in [-0.05, 0) is 45.2 Å². The summed E-state index contributed by atoms with van der Waals surface area (Å²) in [5.74, 6) is 0.310. The zero-order valence-corrected chi connectivity index (χ0v) is 19.0. The third-order valence-electron chi connectivity index (χ3n) is 5.83. The summed E-state index contributed by atoms with van der Waals surface area (Å²) in [7, 11) is 0. The number of ether oxygens (including phenoxy) is 3. The van der Waals surface area contributed by atoms with Gasteiger partial charge in [0.2, 0.25) is 0 Å². The Labute approximate surface area is 189 Å². The van der Waals surface area contributed by atoms with Crippen LogP contribution in [0.15, 0.2) is 42.5 Å². The summed E-state index contributed by atoms with van der Waals surface area (Å²) in [5.41, 5.74) is 2.91. The molecule has 0 spiro atoms. The quantitative estimate of drug-likeness (QED) is 0.563. The van der Waals surface area contributed by atoms with Crippen LogP contribution in [-0.2, 0) is 14.3 Å². The molecule has 2 aliphatic rings. The topological polar surface area (TPSA) is 73.9 Å². The summed E-state index contributed by atoms with van der Waals surface area (Å²) in [5, 5.41) is 3.41. The normalized spacial score (nSPS) is 16.9. The molecule has 0 saturated carbocycles. The van der Waals surface area contributed by atoms with Crippen molar-refractivity contribution in [3.63, 3.8) is 0 Å². The van der Waals surface area contributed by atoms with Crippen molar-refractivity contribution in [3.8, 4) is 16.9 Å². The first-order valence-electron chi connectivity index (χ1n) is 11.3. The van der Waals surface area contributed by atoms with Gasteiger partial charge in [0.05, 0.1) is 5.92 Å². The molecule has 1 aliphatic heterocycles. The fraction of sp³-hybridized carbons (Fsp3) is 0.462. The van der Waals surface area contributed by atoms with Crippen LogP contribution in [0.2, 0.25) is 0 Å². The lowest BCUT2D eigenvalue weighted by Gasteiger charge is -2.28. The molecule has 1 aliphatic carbocycles. The summed E-state index contributed by atoms with van der Waals surface area (Å²) in [6, 6.07) is 13.1. The van der Waals surface area contributed by atoms with Crippen LogP contribution in [-0.4, -0.2) is 49.8 Å². The highest BCUT2D eigenvalue weighted by Gasteiger charge is 2.30. The first kappa shape index (κ1) is 22.5. The molecule has 6 nitrogen and oxygen atoms in total. The molecule has 4 rings (SSSR count). The third kappa shape index (κ3) is 5.03. The Hall–Kier alpha value is -2.70. The monoisotopic (exact) mass is 437 g/mol. The minimum absolute atomic E-state index is 0.0120. The van der Waals surface area contributed by atoms with E-state index in [1.807, 2.05) is 42.5 Å². The maximum absolute atomic E-state index is 12.8. The van der Waals surface area contributed by atoms with Gasteiger partial charge < -0.3 is 19.5 Å². The first-order chi connectivity index (χ1) is 15.3. The average molecular weight is 438 g/mol. The van der Waals surface area contributed by atoms with E-state index in [-0.39, 0.29) is 29.8 Å². The van der Waals surface area contributed by atoms with Crippen LogP contribution in [0.25, 0.3) is 11.1 Å². The zero-order valence-electron chi connectivity index (χ0n) is 19.0. The van der Waals surface area contributed by atoms with Crippen molar-refractivity contribution in [2.24, 2.45) is 5.92 Å². The Balaban J connectivity index is 1.50. The second kappa shape index (κ2) is 9.43. The molecule has 170 valence electrons. The van der Waals surface area contributed by atoms with Crippen molar-refractivity contribution in [2.75, 3.05) is 26.4 Å². The van der Waals surface area contributed by atoms with E-state index in [9.17, 15) is 9.59 Å². The van der Waals surface area contributed by atoms with E-state index in [1.54, 1.807) is 0 Å². The number of carbonyl (C=O) groups excluding carboxylic acids is 2. The molecule has 32 heavy (non-hydrogen) atoms. The van der Waals surface area contributed by atoms with Crippen molar-refractivity contribution in [1.82, 2.24) is 5.32 Å². The standard InChI is InChI=1S/C26H31NO5/c1-26(2,3)27-15-18(32-25(29)17-11-13-30-14-12-17)16-31-22-10-6-9-21-23(22)19-7-4-5-8-20(19)24(21)28/h4-10,17-18,27H,11-16H2,1-3H3. The van der Waals surface area contributed by atoms with Gasteiger partial charge in [0, 0.05) is 42.0 Å². The van der Waals surface area contributed by atoms with Crippen molar-refractivity contribution < 1.29 is 23.8 Å². The molecule has 2 aromatic carbocycles. The third-order valence-corrected chi connectivity index (χ3v) is 5.83. The molecule has 0 amide bonds. The van der Waals surface area contributed by atoms with Crippen molar-refractivity contribution >= 4 is 11.8 Å². The predicted octanol–water partition coefficient (Wildman–Crippen LogP) is 4.00. The molecule has 6 heteroatoms. The van der Waals surface area contributed by atoms with Crippen LogP contribution in [0.5, 0.6) is 5.75 Å². The van der Waals surface area contributed by atoms with E-state index in [0.29, 0.717) is 49.5 Å². The highest BCUT2D eigenvalue weighted by atomic mass is 16.6. The molecule has 2 aromatic rings. The second-order valence-electron chi connectivity index (χ2n) is 9.44. The maximum atomic E-state index is 12.8. The zero-order chi connectivity index (χ0) is 22.7. The smallest absolute Gasteiger partial charge is 0.309 e. The van der Waals surface area contributed by atoms with Crippen molar-refractivity contribution in [2.45, 2.75) is 45.3 Å². The Bertz CT molecular complexity index is 988. The predicted molar refractivity (Wildman–Crippen MR) is 122 cm³/mol. The number of esters is 1. The molecule has 1 N–H and O–H groups in total. The van der Waals surface area contributed by atoms with E-state index in [1.165, 1.54) is 0 Å². The molecule has 0 radical (unpaired) electrons. The van der Waals surface area contributed by atoms with Gasteiger partial charge in [-0.3, -0.25) is 9.59 Å². The van der Waals surface area contributed by atoms with Crippen LogP contribution in [0, 0.1) is 5.92 Å². The van der Waals surface area contributed by atoms with Crippen molar-refractivity contribution in [1.29, 1.82) is 0 Å². The number of hydrogen-bond acceptors (Lipinski definition) is 6. The number of rotatable bonds is 7. The van der Waals surface area contributed by atoms with Crippen LogP contribution >= 0.6 is 0 Å². The summed E-state index contributed by atoms with van der Waals surface area (Å²) < 4.78 is 17.4. The molecule has 0 aromatic heterocycles. The Morgan fingerprint density at radius 3 is 2.47 bits per heavy atom. The molecule has 1 unspecified atom stereocenters. The van der Waals surface area contributed by atoms with E-state index in [2.05, 4.69) is 26.1 Å². The van der Waals surface area contributed by atoms with Crippen LogP contribution < -0.4 is 10.1 Å². The largest absolute Gasteiger partial charge is 0.489 e. The number of fused-ring (bicyclic) bond motifs is 3. The van der Waals surface area contributed by atoms with E-state index in [0.717, 1.165) is 11.1 Å². The van der Waals surface area contributed by atoms with Gasteiger partial charge in [0.15, 0.2) is 5.78 Å². The number of nitrogens with one attached hydrogen (secondary N) is 1. The van der Waals surface area contributed by atoms with E-state index in [4.69, 9.17) is 14.2 Å². The van der Waals surface area contributed by atoms with Crippen LogP contribution in [0.1, 0.15) is 49.5 Å². The van der Waals surface area contributed by atoms with Gasteiger partial charge in [-0.2, -0.15) is 0 Å². The molecule has 1 fully saturated rings. The van der Waals surface area contributed by atoms with E-state index < -0.39 is 6.10 Å². The van der Waals surface area contributed by atoms with Crippen LogP contribution in [0.4, 0.5) is 0 Å². The first-order valence-corrected chi connectivity index (χ1v) is 11.3.